The van der Waals surface area contributed by atoms with Crippen LogP contribution in [0.15, 0.2) is 24.5 Å². The molecular formula is C19H22N4O2S. The van der Waals surface area contributed by atoms with Gasteiger partial charge in [0.1, 0.15) is 4.88 Å². The van der Waals surface area contributed by atoms with E-state index >= 15 is 0 Å². The Kier molecular flexibility index (Phi) is 6.58. The fourth-order valence-electron chi connectivity index (χ4n) is 2.18. The molecule has 1 aliphatic carbocycles. The molecule has 1 fully saturated rings. The first-order valence-electron chi connectivity index (χ1n) is 8.73. The van der Waals surface area contributed by atoms with E-state index in [-0.39, 0.29) is 6.03 Å². The number of ether oxygens (including phenoxy) is 1. The Balaban J connectivity index is 1.41. The number of pyridine rings is 1. The van der Waals surface area contributed by atoms with Crippen molar-refractivity contribution in [2.45, 2.75) is 26.2 Å². The summed E-state index contributed by atoms with van der Waals surface area (Å²) in [6, 6.07) is 3.45. The number of aromatic nitrogens is 2. The Bertz CT molecular complexity index is 791. The fourth-order valence-corrected chi connectivity index (χ4v) is 3.00. The highest BCUT2D eigenvalue weighted by Gasteiger charge is 2.20. The third-order valence-electron chi connectivity index (χ3n) is 3.82. The van der Waals surface area contributed by atoms with Gasteiger partial charge >= 0.3 is 6.03 Å². The molecule has 2 heterocycles. The normalized spacial score (nSPS) is 13.0. The Hall–Kier alpha value is -2.43. The molecule has 0 atom stereocenters. The van der Waals surface area contributed by atoms with Crippen molar-refractivity contribution in [1.29, 1.82) is 0 Å². The van der Waals surface area contributed by atoms with Crippen LogP contribution in [0.1, 0.15) is 35.4 Å². The summed E-state index contributed by atoms with van der Waals surface area (Å²) in [5, 5.41) is 6.12. The van der Waals surface area contributed by atoms with E-state index in [4.69, 9.17) is 4.74 Å². The molecule has 0 unspecified atom stereocenters. The zero-order valence-electron chi connectivity index (χ0n) is 14.7. The van der Waals surface area contributed by atoms with E-state index in [2.05, 4.69) is 32.4 Å². The van der Waals surface area contributed by atoms with Crippen LogP contribution in [0.2, 0.25) is 0 Å². The zero-order chi connectivity index (χ0) is 18.2. The highest BCUT2D eigenvalue weighted by molar-refractivity contribution is 7.16. The molecule has 0 spiro atoms. The predicted octanol–water partition coefficient (Wildman–Crippen LogP) is 3.18. The van der Waals surface area contributed by atoms with Crippen LogP contribution in [0.4, 0.5) is 9.93 Å². The third-order valence-corrected chi connectivity index (χ3v) is 4.81. The molecule has 2 N–H and O–H groups in total. The number of rotatable bonds is 7. The number of thiazole rings is 1. The molecule has 0 aromatic carbocycles. The summed E-state index contributed by atoms with van der Waals surface area (Å²) in [4.78, 5) is 21.1. The molecule has 26 heavy (non-hydrogen) atoms. The first kappa shape index (κ1) is 18.4. The molecule has 1 saturated carbocycles. The molecule has 2 amide bonds. The van der Waals surface area contributed by atoms with E-state index in [1.165, 1.54) is 24.2 Å². The van der Waals surface area contributed by atoms with Crippen LogP contribution in [-0.4, -0.2) is 35.8 Å². The van der Waals surface area contributed by atoms with Gasteiger partial charge in [-0.3, -0.25) is 10.3 Å². The Morgan fingerprint density at radius 2 is 2.15 bits per heavy atom. The van der Waals surface area contributed by atoms with Gasteiger partial charge in [-0.05, 0) is 50.2 Å². The number of nitrogens with one attached hydrogen (secondary N) is 2. The van der Waals surface area contributed by atoms with Crippen molar-refractivity contribution in [3.8, 4) is 11.8 Å². The number of hydrogen-bond acceptors (Lipinski definition) is 5. The van der Waals surface area contributed by atoms with Crippen molar-refractivity contribution in [2.24, 2.45) is 5.92 Å². The second-order valence-electron chi connectivity index (χ2n) is 6.17. The minimum Gasteiger partial charge on any atom is -0.381 e. The maximum absolute atomic E-state index is 11.9. The monoisotopic (exact) mass is 370 g/mol. The van der Waals surface area contributed by atoms with E-state index in [1.807, 2.05) is 19.1 Å². The Labute approximate surface area is 157 Å². The highest BCUT2D eigenvalue weighted by Crippen LogP contribution is 2.28. The van der Waals surface area contributed by atoms with Crippen LogP contribution in [0.25, 0.3) is 0 Å². The van der Waals surface area contributed by atoms with Gasteiger partial charge < -0.3 is 10.1 Å². The van der Waals surface area contributed by atoms with E-state index in [0.717, 1.165) is 35.1 Å². The van der Waals surface area contributed by atoms with E-state index in [9.17, 15) is 4.79 Å². The number of nitrogens with zero attached hydrogens (tertiary/aromatic N) is 2. The second-order valence-corrected chi connectivity index (χ2v) is 7.17. The topological polar surface area (TPSA) is 76.1 Å². The van der Waals surface area contributed by atoms with Crippen molar-refractivity contribution in [3.05, 3.63) is 40.7 Å². The standard InChI is InChI=1S/C19H22N4O2S/c1-14-17(6-5-15-7-10-20-11-8-15)26-19(22-14)23-18(24)21-9-2-12-25-13-16-3-4-16/h7-8,10-11,16H,2-4,9,12-13H2,1H3,(H2,21,22,23,24). The SMILES string of the molecule is Cc1nc(NC(=O)NCCCOCC2CC2)sc1C#Cc1ccncc1. The number of carbonyl (C=O) groups is 1. The number of amides is 2. The molecule has 2 aromatic heterocycles. The number of hydrogen-bond donors (Lipinski definition) is 2. The quantitative estimate of drug-likeness (QED) is 0.580. The number of anilines is 1. The van der Waals surface area contributed by atoms with Crippen LogP contribution in [0, 0.1) is 24.7 Å². The lowest BCUT2D eigenvalue weighted by atomic mass is 10.2. The van der Waals surface area contributed by atoms with Gasteiger partial charge in [-0.2, -0.15) is 0 Å². The van der Waals surface area contributed by atoms with E-state index < -0.39 is 0 Å². The minimum absolute atomic E-state index is 0.255. The lowest BCUT2D eigenvalue weighted by Gasteiger charge is -2.05. The fraction of sp³-hybridized carbons (Fsp3) is 0.421. The molecule has 6 nitrogen and oxygen atoms in total. The van der Waals surface area contributed by atoms with Gasteiger partial charge in [-0.1, -0.05) is 17.3 Å². The third kappa shape index (κ3) is 6.14. The van der Waals surface area contributed by atoms with Crippen molar-refractivity contribution < 1.29 is 9.53 Å². The summed E-state index contributed by atoms with van der Waals surface area (Å²) in [6.45, 7) is 4.00. The lowest BCUT2D eigenvalue weighted by Crippen LogP contribution is -2.30. The van der Waals surface area contributed by atoms with Gasteiger partial charge in [0.2, 0.25) is 0 Å². The molecule has 0 bridgehead atoms. The second kappa shape index (κ2) is 9.32. The highest BCUT2D eigenvalue weighted by atomic mass is 32.1. The Morgan fingerprint density at radius 1 is 1.35 bits per heavy atom. The van der Waals surface area contributed by atoms with Gasteiger partial charge in [0.25, 0.3) is 0 Å². The van der Waals surface area contributed by atoms with Crippen molar-refractivity contribution in [2.75, 3.05) is 25.1 Å². The molecule has 3 rings (SSSR count). The molecule has 136 valence electrons. The number of carbonyl (C=O) groups excluding carboxylic acids is 1. The average Bonchev–Trinajstić information content (AvgIpc) is 3.40. The molecule has 7 heteroatoms. The average molecular weight is 370 g/mol. The summed E-state index contributed by atoms with van der Waals surface area (Å²) in [7, 11) is 0. The van der Waals surface area contributed by atoms with E-state index in [1.54, 1.807) is 12.4 Å². The first-order chi connectivity index (χ1) is 12.7. The van der Waals surface area contributed by atoms with Crippen molar-refractivity contribution in [3.63, 3.8) is 0 Å². The van der Waals surface area contributed by atoms with Gasteiger partial charge in [0.05, 0.1) is 5.69 Å². The smallest absolute Gasteiger partial charge is 0.321 e. The summed E-state index contributed by atoms with van der Waals surface area (Å²) < 4.78 is 5.54. The number of aryl methyl sites for hydroxylation is 1. The molecule has 0 saturated heterocycles. The largest absolute Gasteiger partial charge is 0.381 e. The molecular weight excluding hydrogens is 348 g/mol. The first-order valence-corrected chi connectivity index (χ1v) is 9.54. The molecule has 0 radical (unpaired) electrons. The minimum atomic E-state index is -0.255. The van der Waals surface area contributed by atoms with Gasteiger partial charge in [0.15, 0.2) is 5.13 Å². The molecule has 0 aliphatic heterocycles. The van der Waals surface area contributed by atoms with Crippen LogP contribution < -0.4 is 10.6 Å². The number of urea groups is 1. The molecule has 1 aliphatic rings. The summed E-state index contributed by atoms with van der Waals surface area (Å²) in [5.41, 5.74) is 1.70. The van der Waals surface area contributed by atoms with Crippen LogP contribution in [-0.2, 0) is 4.74 Å². The van der Waals surface area contributed by atoms with Gasteiger partial charge in [-0.15, -0.1) is 0 Å². The van der Waals surface area contributed by atoms with Crippen LogP contribution in [0.5, 0.6) is 0 Å². The molecule has 2 aromatic rings. The predicted molar refractivity (Wildman–Crippen MR) is 102 cm³/mol. The van der Waals surface area contributed by atoms with Gasteiger partial charge in [-0.25, -0.2) is 9.78 Å². The van der Waals surface area contributed by atoms with Gasteiger partial charge in [0, 0.05) is 37.7 Å². The summed E-state index contributed by atoms with van der Waals surface area (Å²) in [5.74, 6) is 6.94. The lowest BCUT2D eigenvalue weighted by molar-refractivity contribution is 0.122. The Morgan fingerprint density at radius 3 is 2.92 bits per heavy atom. The van der Waals surface area contributed by atoms with Crippen molar-refractivity contribution >= 4 is 22.5 Å². The summed E-state index contributed by atoms with van der Waals surface area (Å²) >= 11 is 1.37. The van der Waals surface area contributed by atoms with Crippen molar-refractivity contribution in [1.82, 2.24) is 15.3 Å². The van der Waals surface area contributed by atoms with Crippen LogP contribution in [0.3, 0.4) is 0 Å². The maximum Gasteiger partial charge on any atom is 0.321 e. The maximum atomic E-state index is 11.9. The van der Waals surface area contributed by atoms with E-state index in [0.29, 0.717) is 18.3 Å². The van der Waals surface area contributed by atoms with Crippen LogP contribution >= 0.6 is 11.3 Å². The summed E-state index contributed by atoms with van der Waals surface area (Å²) in [6.07, 6.45) is 6.81. The zero-order valence-corrected chi connectivity index (χ0v) is 15.6.